The van der Waals surface area contributed by atoms with Gasteiger partial charge in [0.05, 0.1) is 18.8 Å². The Balaban J connectivity index is 1.68. The van der Waals surface area contributed by atoms with Crippen molar-refractivity contribution in [2.24, 2.45) is 5.41 Å². The molecule has 5 heteroatoms. The zero-order chi connectivity index (χ0) is 22.4. The van der Waals surface area contributed by atoms with Crippen molar-refractivity contribution >= 4 is 5.91 Å². The summed E-state index contributed by atoms with van der Waals surface area (Å²) in [5, 5.41) is 17.3. The van der Waals surface area contributed by atoms with Gasteiger partial charge in [-0.3, -0.25) is 4.79 Å². The van der Waals surface area contributed by atoms with Gasteiger partial charge < -0.3 is 20.5 Å². The molecule has 5 nitrogen and oxygen atoms in total. The summed E-state index contributed by atoms with van der Waals surface area (Å²) in [7, 11) is 0. The smallest absolute Gasteiger partial charge is 0.217 e. The van der Waals surface area contributed by atoms with E-state index in [0.29, 0.717) is 19.6 Å². The van der Waals surface area contributed by atoms with Gasteiger partial charge in [0.1, 0.15) is 5.75 Å². The average molecular weight is 425 g/mol. The van der Waals surface area contributed by atoms with Gasteiger partial charge in [-0.1, -0.05) is 63.2 Å². The lowest BCUT2D eigenvalue weighted by Crippen LogP contribution is -2.48. The van der Waals surface area contributed by atoms with Gasteiger partial charge in [0.25, 0.3) is 0 Å². The maximum absolute atomic E-state index is 11.7. The maximum atomic E-state index is 11.7. The Labute approximate surface area is 186 Å². The molecule has 0 radical (unpaired) electrons. The Morgan fingerprint density at radius 3 is 2.58 bits per heavy atom. The van der Waals surface area contributed by atoms with Crippen LogP contribution < -0.4 is 15.4 Å². The van der Waals surface area contributed by atoms with Crippen LogP contribution in [0.2, 0.25) is 0 Å². The normalized spacial score (nSPS) is 17.9. The predicted octanol–water partition coefficient (Wildman–Crippen LogP) is 3.80. The number of aliphatic hydroxyl groups is 1. The summed E-state index contributed by atoms with van der Waals surface area (Å²) in [6.07, 6.45) is 1.73. The van der Waals surface area contributed by atoms with Gasteiger partial charge in [-0.05, 0) is 35.4 Å². The fraction of sp³-hybridized carbons (Fsp3) is 0.500. The van der Waals surface area contributed by atoms with E-state index < -0.39 is 6.10 Å². The second-order valence-corrected chi connectivity index (χ2v) is 9.77. The summed E-state index contributed by atoms with van der Waals surface area (Å²) < 4.78 is 5.87. The summed E-state index contributed by atoms with van der Waals surface area (Å²) in [5.74, 6) is 0.779. The van der Waals surface area contributed by atoms with Crippen LogP contribution in [0.3, 0.4) is 0 Å². The summed E-state index contributed by atoms with van der Waals surface area (Å²) in [6, 6.07) is 16.2. The van der Waals surface area contributed by atoms with Crippen LogP contribution >= 0.6 is 0 Å². The first-order valence-electron chi connectivity index (χ1n) is 11.2. The Kier molecular flexibility index (Phi) is 7.74. The highest BCUT2D eigenvalue weighted by Gasteiger charge is 2.26. The number of nitrogens with one attached hydrogen (secondary N) is 2. The van der Waals surface area contributed by atoms with E-state index in [-0.39, 0.29) is 23.4 Å². The zero-order valence-corrected chi connectivity index (χ0v) is 19.2. The van der Waals surface area contributed by atoms with Crippen LogP contribution in [-0.4, -0.2) is 36.3 Å². The summed E-state index contributed by atoms with van der Waals surface area (Å²) >= 11 is 0. The first-order chi connectivity index (χ1) is 14.7. The number of hydrogen-bond acceptors (Lipinski definition) is 4. The first kappa shape index (κ1) is 23.3. The molecule has 3 unspecified atom stereocenters. The maximum Gasteiger partial charge on any atom is 0.217 e. The molecule has 0 saturated heterocycles. The van der Waals surface area contributed by atoms with Crippen molar-refractivity contribution in [3.63, 3.8) is 0 Å². The van der Waals surface area contributed by atoms with Crippen LogP contribution in [0.5, 0.6) is 5.75 Å². The molecule has 3 atom stereocenters. The van der Waals surface area contributed by atoms with E-state index in [9.17, 15) is 9.90 Å². The van der Waals surface area contributed by atoms with E-state index in [2.05, 4.69) is 49.6 Å². The van der Waals surface area contributed by atoms with E-state index in [1.165, 1.54) is 12.5 Å². The monoisotopic (exact) mass is 424 g/mol. The molecule has 0 bridgehead atoms. The Morgan fingerprint density at radius 2 is 1.90 bits per heavy atom. The van der Waals surface area contributed by atoms with Crippen molar-refractivity contribution in [1.82, 2.24) is 10.6 Å². The van der Waals surface area contributed by atoms with Crippen molar-refractivity contribution in [2.75, 3.05) is 13.2 Å². The number of carbonyl (C=O) groups is 1. The lowest BCUT2D eigenvalue weighted by Gasteiger charge is -2.30. The van der Waals surface area contributed by atoms with Gasteiger partial charge >= 0.3 is 0 Å². The highest BCUT2D eigenvalue weighted by molar-refractivity contribution is 5.73. The Hall–Kier alpha value is -2.37. The topological polar surface area (TPSA) is 70.6 Å². The number of amides is 1. The molecule has 2 aromatic carbocycles. The lowest BCUT2D eigenvalue weighted by atomic mass is 9.86. The van der Waals surface area contributed by atoms with E-state index in [0.717, 1.165) is 29.7 Å². The first-order valence-corrected chi connectivity index (χ1v) is 11.2. The van der Waals surface area contributed by atoms with Crippen molar-refractivity contribution in [2.45, 2.75) is 65.1 Å². The molecule has 3 rings (SSSR count). The number of rotatable bonds is 8. The SMILES string of the molecule is CC(=O)NC(Cc1ccccc1)C(O)CNC1CCOc2ccc(CC(C)(C)C)cc21. The van der Waals surface area contributed by atoms with Gasteiger partial charge in [0.2, 0.25) is 5.91 Å². The molecule has 1 amide bonds. The lowest BCUT2D eigenvalue weighted by molar-refractivity contribution is -0.120. The molecule has 2 aromatic rings. The third kappa shape index (κ3) is 7.08. The molecular formula is C26H36N2O3. The largest absolute Gasteiger partial charge is 0.493 e. The van der Waals surface area contributed by atoms with Crippen LogP contribution in [-0.2, 0) is 17.6 Å². The quantitative estimate of drug-likeness (QED) is 0.603. The minimum absolute atomic E-state index is 0.119. The average Bonchev–Trinajstić information content (AvgIpc) is 2.71. The molecule has 0 fully saturated rings. The fourth-order valence-corrected chi connectivity index (χ4v) is 4.20. The van der Waals surface area contributed by atoms with Crippen molar-refractivity contribution < 1.29 is 14.6 Å². The van der Waals surface area contributed by atoms with Gasteiger partial charge in [0, 0.05) is 31.5 Å². The molecule has 1 aliphatic rings. The Morgan fingerprint density at radius 1 is 1.16 bits per heavy atom. The molecule has 0 saturated carbocycles. The van der Waals surface area contributed by atoms with E-state index in [4.69, 9.17) is 4.74 Å². The third-order valence-electron chi connectivity index (χ3n) is 5.57. The summed E-state index contributed by atoms with van der Waals surface area (Å²) in [6.45, 7) is 9.26. The Bertz CT molecular complexity index is 861. The van der Waals surface area contributed by atoms with Gasteiger partial charge in [-0.2, -0.15) is 0 Å². The molecule has 168 valence electrons. The second kappa shape index (κ2) is 10.3. The van der Waals surface area contributed by atoms with Gasteiger partial charge in [0.15, 0.2) is 0 Å². The van der Waals surface area contributed by atoms with E-state index in [1.54, 1.807) is 0 Å². The molecule has 0 spiro atoms. The minimum Gasteiger partial charge on any atom is -0.493 e. The molecule has 0 aliphatic carbocycles. The number of ether oxygens (including phenoxy) is 1. The van der Waals surface area contributed by atoms with Gasteiger partial charge in [-0.25, -0.2) is 0 Å². The van der Waals surface area contributed by atoms with E-state index in [1.807, 2.05) is 30.3 Å². The number of hydrogen-bond donors (Lipinski definition) is 3. The van der Waals surface area contributed by atoms with Crippen molar-refractivity contribution in [3.8, 4) is 5.75 Å². The number of carbonyl (C=O) groups excluding carboxylic acids is 1. The zero-order valence-electron chi connectivity index (χ0n) is 19.2. The van der Waals surface area contributed by atoms with Gasteiger partial charge in [-0.15, -0.1) is 0 Å². The van der Waals surface area contributed by atoms with Crippen LogP contribution in [0.15, 0.2) is 48.5 Å². The van der Waals surface area contributed by atoms with Crippen molar-refractivity contribution in [1.29, 1.82) is 0 Å². The summed E-state index contributed by atoms with van der Waals surface area (Å²) in [4.78, 5) is 11.7. The highest BCUT2D eigenvalue weighted by atomic mass is 16.5. The molecular weight excluding hydrogens is 388 g/mol. The molecule has 1 heterocycles. The van der Waals surface area contributed by atoms with E-state index >= 15 is 0 Å². The number of fused-ring (bicyclic) bond motifs is 1. The van der Waals surface area contributed by atoms with Crippen LogP contribution in [0, 0.1) is 5.41 Å². The molecule has 1 aliphatic heterocycles. The number of aliphatic hydroxyl groups excluding tert-OH is 1. The fourth-order valence-electron chi connectivity index (χ4n) is 4.20. The molecule has 0 aromatic heterocycles. The molecule has 31 heavy (non-hydrogen) atoms. The number of benzene rings is 2. The predicted molar refractivity (Wildman–Crippen MR) is 124 cm³/mol. The van der Waals surface area contributed by atoms with Crippen molar-refractivity contribution in [3.05, 3.63) is 65.2 Å². The highest BCUT2D eigenvalue weighted by Crippen LogP contribution is 2.34. The summed E-state index contributed by atoms with van der Waals surface area (Å²) in [5.41, 5.74) is 3.75. The van der Waals surface area contributed by atoms with Crippen LogP contribution in [0.25, 0.3) is 0 Å². The minimum atomic E-state index is -0.701. The third-order valence-corrected chi connectivity index (χ3v) is 5.57. The van der Waals surface area contributed by atoms with Crippen LogP contribution in [0.4, 0.5) is 0 Å². The standard InChI is InChI=1S/C26H36N2O3/c1-18(29)28-23(15-19-8-6-5-7-9-19)24(30)17-27-22-12-13-31-25-11-10-20(14-21(22)25)16-26(2,3)4/h5-11,14,22-24,27,30H,12-13,15-17H2,1-4H3,(H,28,29). The van der Waals surface area contributed by atoms with Crippen LogP contribution in [0.1, 0.15) is 56.8 Å². The second-order valence-electron chi connectivity index (χ2n) is 9.77. The molecule has 3 N–H and O–H groups in total.